The second-order valence-corrected chi connectivity index (χ2v) is 8.22. The molecule has 0 saturated heterocycles. The summed E-state index contributed by atoms with van der Waals surface area (Å²) in [5, 5.41) is 6.12. The Kier molecular flexibility index (Phi) is 4.58. The fraction of sp³-hybridized carbons (Fsp3) is 0.190. The van der Waals surface area contributed by atoms with E-state index in [1.807, 2.05) is 36.4 Å². The molecule has 4 aromatic rings. The van der Waals surface area contributed by atoms with Crippen LogP contribution in [0.4, 0.5) is 5.82 Å². The quantitative estimate of drug-likeness (QED) is 0.336. The Balaban J connectivity index is 1.38. The number of thiophene rings is 1. The predicted molar refractivity (Wildman–Crippen MR) is 114 cm³/mol. The molecule has 1 aromatic carbocycles. The summed E-state index contributed by atoms with van der Waals surface area (Å²) in [6.07, 6.45) is 7.93. The van der Waals surface area contributed by atoms with Crippen molar-refractivity contribution in [1.29, 1.82) is 0 Å². The summed E-state index contributed by atoms with van der Waals surface area (Å²) in [4.78, 5) is 11.3. The largest absolute Gasteiger partial charge is 0.455 e. The van der Waals surface area contributed by atoms with Gasteiger partial charge in [0.1, 0.15) is 22.7 Å². The molecule has 0 spiro atoms. The van der Waals surface area contributed by atoms with E-state index in [4.69, 9.17) is 16.0 Å². The van der Waals surface area contributed by atoms with Crippen molar-refractivity contribution in [1.82, 2.24) is 9.97 Å². The summed E-state index contributed by atoms with van der Waals surface area (Å²) in [6, 6.07) is 11.4. The van der Waals surface area contributed by atoms with Gasteiger partial charge in [-0.25, -0.2) is 9.97 Å². The van der Waals surface area contributed by atoms with E-state index < -0.39 is 0 Å². The number of rotatable bonds is 4. The highest BCUT2D eigenvalue weighted by Crippen LogP contribution is 2.38. The van der Waals surface area contributed by atoms with E-state index in [0.717, 1.165) is 40.2 Å². The maximum Gasteiger partial charge on any atom is 0.158 e. The van der Waals surface area contributed by atoms with Crippen molar-refractivity contribution >= 4 is 45.2 Å². The number of fused-ring (bicyclic) bond motifs is 3. The number of aryl methyl sites for hydroxylation is 2. The van der Waals surface area contributed by atoms with Gasteiger partial charge in [0.15, 0.2) is 5.82 Å². The summed E-state index contributed by atoms with van der Waals surface area (Å²) >= 11 is 7.83. The van der Waals surface area contributed by atoms with Crippen LogP contribution >= 0.6 is 22.9 Å². The van der Waals surface area contributed by atoms with Gasteiger partial charge in [-0.2, -0.15) is 5.10 Å². The van der Waals surface area contributed by atoms with E-state index in [2.05, 4.69) is 20.5 Å². The lowest BCUT2D eigenvalue weighted by atomic mass is 9.97. The Hall–Kier alpha value is -2.70. The zero-order chi connectivity index (χ0) is 18.9. The third-order valence-electron chi connectivity index (χ3n) is 4.85. The van der Waals surface area contributed by atoms with Gasteiger partial charge in [0.25, 0.3) is 0 Å². The van der Waals surface area contributed by atoms with Crippen molar-refractivity contribution < 1.29 is 4.42 Å². The Morgan fingerprint density at radius 3 is 3.00 bits per heavy atom. The summed E-state index contributed by atoms with van der Waals surface area (Å²) in [6.45, 7) is 0. The summed E-state index contributed by atoms with van der Waals surface area (Å²) < 4.78 is 5.85. The highest BCUT2D eigenvalue weighted by molar-refractivity contribution is 7.19. The third kappa shape index (κ3) is 3.30. The zero-order valence-corrected chi connectivity index (χ0v) is 16.6. The molecule has 0 amide bonds. The fourth-order valence-electron chi connectivity index (χ4n) is 3.55. The van der Waals surface area contributed by atoms with Gasteiger partial charge in [0.05, 0.1) is 11.6 Å². The number of halogens is 1. The SMILES string of the molecule is Clc1cccc(-c2ccc(C=NNc3ncnc4sc5c(c34)CCCC5)o2)c1. The predicted octanol–water partition coefficient (Wildman–Crippen LogP) is 5.93. The van der Waals surface area contributed by atoms with Gasteiger partial charge in [-0.05, 0) is 55.5 Å². The summed E-state index contributed by atoms with van der Waals surface area (Å²) in [5.41, 5.74) is 5.39. The molecule has 5 rings (SSSR count). The lowest BCUT2D eigenvalue weighted by Gasteiger charge is -2.11. The molecule has 0 atom stereocenters. The molecule has 1 N–H and O–H groups in total. The Morgan fingerprint density at radius 1 is 1.14 bits per heavy atom. The molecular weight excluding hydrogens is 392 g/mol. The molecule has 0 radical (unpaired) electrons. The van der Waals surface area contributed by atoms with E-state index in [1.54, 1.807) is 23.9 Å². The molecule has 28 heavy (non-hydrogen) atoms. The number of benzene rings is 1. The smallest absolute Gasteiger partial charge is 0.158 e. The van der Waals surface area contributed by atoms with Crippen LogP contribution < -0.4 is 5.43 Å². The molecule has 0 fully saturated rings. The number of nitrogens with one attached hydrogen (secondary N) is 1. The van der Waals surface area contributed by atoms with Crippen molar-refractivity contribution in [2.24, 2.45) is 5.10 Å². The van der Waals surface area contributed by atoms with Gasteiger partial charge in [-0.3, -0.25) is 5.43 Å². The number of furan rings is 1. The van der Waals surface area contributed by atoms with Crippen LogP contribution in [0.1, 0.15) is 29.0 Å². The number of hydrazone groups is 1. The van der Waals surface area contributed by atoms with Crippen LogP contribution in [0.3, 0.4) is 0 Å². The lowest BCUT2D eigenvalue weighted by molar-refractivity contribution is 0.575. The van der Waals surface area contributed by atoms with E-state index in [1.165, 1.54) is 23.3 Å². The molecular formula is C21H17ClN4OS. The normalized spacial score (nSPS) is 13.9. The van der Waals surface area contributed by atoms with Crippen LogP contribution in [0.2, 0.25) is 5.02 Å². The summed E-state index contributed by atoms with van der Waals surface area (Å²) in [5.74, 6) is 2.16. The van der Waals surface area contributed by atoms with Crippen LogP contribution in [-0.2, 0) is 12.8 Å². The first kappa shape index (κ1) is 17.4. The topological polar surface area (TPSA) is 63.3 Å². The maximum absolute atomic E-state index is 6.05. The lowest BCUT2D eigenvalue weighted by Crippen LogP contribution is -2.00. The highest BCUT2D eigenvalue weighted by Gasteiger charge is 2.19. The molecule has 0 bridgehead atoms. The first-order valence-corrected chi connectivity index (χ1v) is 10.4. The van der Waals surface area contributed by atoms with Gasteiger partial charge in [0, 0.05) is 15.5 Å². The van der Waals surface area contributed by atoms with Gasteiger partial charge < -0.3 is 4.42 Å². The van der Waals surface area contributed by atoms with Crippen molar-refractivity contribution in [3.63, 3.8) is 0 Å². The minimum atomic E-state index is 0.653. The average Bonchev–Trinajstić information content (AvgIpc) is 3.33. The summed E-state index contributed by atoms with van der Waals surface area (Å²) in [7, 11) is 0. The van der Waals surface area contributed by atoms with Gasteiger partial charge in [-0.15, -0.1) is 11.3 Å². The standard InChI is InChI=1S/C21H17ClN4OS/c22-14-5-3-4-13(10-14)17-9-8-15(27-17)11-25-26-20-19-16-6-1-2-7-18(16)28-21(19)24-12-23-20/h3-5,8-12H,1-2,6-7H2,(H,23,24,26). The third-order valence-corrected chi connectivity index (χ3v) is 6.28. The number of nitrogens with zero attached hydrogens (tertiary/aromatic N) is 3. The molecule has 1 aliphatic carbocycles. The maximum atomic E-state index is 6.05. The van der Waals surface area contributed by atoms with Crippen molar-refractivity contribution in [3.8, 4) is 11.3 Å². The Bertz CT molecular complexity index is 1180. The first-order valence-electron chi connectivity index (χ1n) is 9.18. The van der Waals surface area contributed by atoms with E-state index in [0.29, 0.717) is 10.8 Å². The minimum Gasteiger partial charge on any atom is -0.455 e. The number of anilines is 1. The second kappa shape index (κ2) is 7.37. The van der Waals surface area contributed by atoms with Crippen molar-refractivity contribution in [2.75, 3.05) is 5.43 Å². The van der Waals surface area contributed by atoms with Crippen LogP contribution in [0.15, 0.2) is 52.2 Å². The van der Waals surface area contributed by atoms with Crippen LogP contribution in [-0.4, -0.2) is 16.2 Å². The van der Waals surface area contributed by atoms with Gasteiger partial charge >= 0.3 is 0 Å². The number of hydrogen-bond acceptors (Lipinski definition) is 6. The molecule has 5 nitrogen and oxygen atoms in total. The molecule has 1 aliphatic rings. The molecule has 0 aliphatic heterocycles. The molecule has 0 saturated carbocycles. The molecule has 7 heteroatoms. The van der Waals surface area contributed by atoms with Crippen LogP contribution in [0.5, 0.6) is 0 Å². The second-order valence-electron chi connectivity index (χ2n) is 6.70. The zero-order valence-electron chi connectivity index (χ0n) is 15.0. The van der Waals surface area contributed by atoms with Crippen LogP contribution in [0.25, 0.3) is 21.5 Å². The Labute approximate surface area is 171 Å². The minimum absolute atomic E-state index is 0.653. The van der Waals surface area contributed by atoms with E-state index in [-0.39, 0.29) is 0 Å². The van der Waals surface area contributed by atoms with Gasteiger partial charge in [0.2, 0.25) is 0 Å². The van der Waals surface area contributed by atoms with Gasteiger partial charge in [-0.1, -0.05) is 23.7 Å². The van der Waals surface area contributed by atoms with Crippen molar-refractivity contribution in [2.45, 2.75) is 25.7 Å². The molecule has 0 unspecified atom stereocenters. The van der Waals surface area contributed by atoms with Crippen LogP contribution in [0, 0.1) is 0 Å². The molecule has 140 valence electrons. The first-order chi connectivity index (χ1) is 13.8. The fourth-order valence-corrected chi connectivity index (χ4v) is 4.97. The van der Waals surface area contributed by atoms with E-state index in [9.17, 15) is 0 Å². The molecule has 3 aromatic heterocycles. The average molecular weight is 409 g/mol. The monoisotopic (exact) mass is 408 g/mol. The van der Waals surface area contributed by atoms with Crippen molar-refractivity contribution in [3.05, 3.63) is 63.9 Å². The number of hydrogen-bond donors (Lipinski definition) is 1. The van der Waals surface area contributed by atoms with E-state index >= 15 is 0 Å². The highest BCUT2D eigenvalue weighted by atomic mass is 35.5. The Morgan fingerprint density at radius 2 is 2.07 bits per heavy atom. The molecule has 3 heterocycles. The number of aromatic nitrogens is 2.